The molecule has 35 heavy (non-hydrogen) atoms. The van der Waals surface area contributed by atoms with Gasteiger partial charge in [0.15, 0.2) is 0 Å². The molecule has 0 spiro atoms. The Bertz CT molecular complexity index is 694. The van der Waals surface area contributed by atoms with Crippen LogP contribution in [0.3, 0.4) is 0 Å². The van der Waals surface area contributed by atoms with Crippen LogP contribution in [-0.2, 0) is 24.0 Å². The summed E-state index contributed by atoms with van der Waals surface area (Å²) < 4.78 is 5.07. The van der Waals surface area contributed by atoms with Gasteiger partial charge < -0.3 is 19.6 Å². The van der Waals surface area contributed by atoms with E-state index in [1.807, 2.05) is 52.8 Å². The van der Waals surface area contributed by atoms with Crippen molar-refractivity contribution in [3.8, 4) is 0 Å². The fraction of sp³-hybridized carbons (Fsp3) is 0.708. The zero-order valence-corrected chi connectivity index (χ0v) is 22.0. The average molecular weight is 502 g/mol. The van der Waals surface area contributed by atoms with Gasteiger partial charge in [-0.2, -0.15) is 0 Å². The van der Waals surface area contributed by atoms with Gasteiger partial charge in [-0.15, -0.1) is 10.1 Å². The van der Waals surface area contributed by atoms with Crippen LogP contribution in [0.1, 0.15) is 73.6 Å². The maximum atomic E-state index is 12.8. The number of nitrogens with zero attached hydrogens (tertiary/aromatic N) is 2. The molecule has 11 nitrogen and oxygen atoms in total. The van der Waals surface area contributed by atoms with Crippen molar-refractivity contribution in [2.45, 2.75) is 85.7 Å². The van der Waals surface area contributed by atoms with E-state index >= 15 is 0 Å². The summed E-state index contributed by atoms with van der Waals surface area (Å²) in [7, 11) is 0. The number of amides is 1. The van der Waals surface area contributed by atoms with Gasteiger partial charge in [0.2, 0.25) is 5.91 Å². The predicted molar refractivity (Wildman–Crippen MR) is 133 cm³/mol. The standard InChI is InChI=1S/C22H37N3O8.C2H6/c1-5-7-9-10-17(3)11-12-19(22(29)32-14-15-33-25(30)31)23-18(4)21(28)24(13-8-6-2)16-20(26)27;1-2/h7,9-10,18-19,23H,5-6,8,11-16H2,1-4H3,(H,26,27);1-2H3/b9-7-,17-10+;. The summed E-state index contributed by atoms with van der Waals surface area (Å²) in [6.45, 7) is 10.6. The molecule has 0 rings (SSSR count). The first-order chi connectivity index (χ1) is 16.6. The van der Waals surface area contributed by atoms with E-state index < -0.39 is 48.2 Å². The Morgan fingerprint density at radius 3 is 2.40 bits per heavy atom. The van der Waals surface area contributed by atoms with Gasteiger partial charge in [0, 0.05) is 6.54 Å². The third kappa shape index (κ3) is 18.1. The number of aliphatic carboxylic acids is 1. The Kier molecular flexibility index (Phi) is 21.1. The number of hydrogen-bond acceptors (Lipinski definition) is 8. The van der Waals surface area contributed by atoms with Crippen molar-refractivity contribution in [3.05, 3.63) is 33.9 Å². The highest BCUT2D eigenvalue weighted by molar-refractivity contribution is 5.86. The van der Waals surface area contributed by atoms with Gasteiger partial charge in [-0.05, 0) is 39.5 Å². The fourth-order valence-corrected chi connectivity index (χ4v) is 2.87. The molecule has 0 aromatic heterocycles. The molecule has 0 aromatic rings. The summed E-state index contributed by atoms with van der Waals surface area (Å²) in [6.07, 6.45) is 9.07. The highest BCUT2D eigenvalue weighted by atomic mass is 17.0. The van der Waals surface area contributed by atoms with E-state index in [0.29, 0.717) is 25.8 Å². The molecule has 0 saturated carbocycles. The second kappa shape index (κ2) is 21.6. The lowest BCUT2D eigenvalue weighted by molar-refractivity contribution is -0.757. The lowest BCUT2D eigenvalue weighted by Crippen LogP contribution is -2.52. The molecule has 1 amide bonds. The molecule has 0 aliphatic carbocycles. The number of esters is 1. The quantitative estimate of drug-likeness (QED) is 0.0946. The summed E-state index contributed by atoms with van der Waals surface area (Å²) in [4.78, 5) is 52.2. The van der Waals surface area contributed by atoms with Crippen LogP contribution >= 0.6 is 0 Å². The summed E-state index contributed by atoms with van der Waals surface area (Å²) in [5.74, 6) is -2.22. The van der Waals surface area contributed by atoms with E-state index in [9.17, 15) is 24.5 Å². The lowest BCUT2D eigenvalue weighted by atomic mass is 10.0. The number of nitrogens with one attached hydrogen (secondary N) is 1. The second-order valence-electron chi connectivity index (χ2n) is 7.56. The Morgan fingerprint density at radius 1 is 1.20 bits per heavy atom. The molecule has 2 atom stereocenters. The molecule has 0 aliphatic heterocycles. The SMILES string of the molecule is CC.CC/C=C\C=C(/C)CCC(NC(C)C(=O)N(CCCC)CC(=O)O)C(=O)OCCO[N+](=O)[O-]. The van der Waals surface area contributed by atoms with E-state index in [2.05, 4.69) is 10.2 Å². The number of carbonyl (C=O) groups is 3. The molecular formula is C24H43N3O8. The lowest BCUT2D eigenvalue weighted by Gasteiger charge is -2.27. The van der Waals surface area contributed by atoms with Crippen LogP contribution in [0.5, 0.6) is 0 Å². The van der Waals surface area contributed by atoms with E-state index in [4.69, 9.17) is 9.84 Å². The van der Waals surface area contributed by atoms with Crippen LogP contribution in [0.2, 0.25) is 0 Å². The van der Waals surface area contributed by atoms with Crippen molar-refractivity contribution in [2.24, 2.45) is 0 Å². The third-order valence-electron chi connectivity index (χ3n) is 4.63. The van der Waals surface area contributed by atoms with Crippen molar-refractivity contribution < 1.29 is 34.2 Å². The Morgan fingerprint density at radius 2 is 1.86 bits per heavy atom. The highest BCUT2D eigenvalue weighted by Crippen LogP contribution is 2.11. The normalized spacial score (nSPS) is 12.8. The number of carboxylic acid groups (broad SMARTS) is 1. The van der Waals surface area contributed by atoms with E-state index in [1.54, 1.807) is 6.92 Å². The molecule has 2 unspecified atom stereocenters. The molecule has 0 aliphatic rings. The first-order valence-electron chi connectivity index (χ1n) is 12.1. The molecule has 0 heterocycles. The van der Waals surface area contributed by atoms with Crippen LogP contribution in [0.4, 0.5) is 0 Å². The molecule has 11 heteroatoms. The molecular weight excluding hydrogens is 458 g/mol. The van der Waals surface area contributed by atoms with E-state index in [-0.39, 0.29) is 6.61 Å². The van der Waals surface area contributed by atoms with Crippen LogP contribution in [-0.4, -0.2) is 71.3 Å². The van der Waals surface area contributed by atoms with Crippen molar-refractivity contribution in [1.29, 1.82) is 0 Å². The monoisotopic (exact) mass is 501 g/mol. The second-order valence-corrected chi connectivity index (χ2v) is 7.56. The van der Waals surface area contributed by atoms with Gasteiger partial charge in [0.05, 0.1) is 6.04 Å². The van der Waals surface area contributed by atoms with Crippen molar-refractivity contribution in [1.82, 2.24) is 10.2 Å². The van der Waals surface area contributed by atoms with Crippen LogP contribution in [0.25, 0.3) is 0 Å². The first-order valence-corrected chi connectivity index (χ1v) is 12.1. The van der Waals surface area contributed by atoms with Gasteiger partial charge in [-0.1, -0.05) is 57.9 Å². The zero-order valence-electron chi connectivity index (χ0n) is 22.0. The molecule has 0 fully saturated rings. The predicted octanol–water partition coefficient (Wildman–Crippen LogP) is 3.52. The number of ether oxygens (including phenoxy) is 1. The third-order valence-corrected chi connectivity index (χ3v) is 4.63. The number of rotatable bonds is 18. The summed E-state index contributed by atoms with van der Waals surface area (Å²) in [5.41, 5.74) is 1.02. The fourth-order valence-electron chi connectivity index (χ4n) is 2.87. The maximum Gasteiger partial charge on any atom is 0.323 e. The smallest absolute Gasteiger partial charge is 0.323 e. The minimum atomic E-state index is -1.12. The summed E-state index contributed by atoms with van der Waals surface area (Å²) in [5, 5.41) is 21.3. The van der Waals surface area contributed by atoms with Crippen LogP contribution < -0.4 is 5.32 Å². The topological polar surface area (TPSA) is 148 Å². The first kappa shape index (κ1) is 34.2. The molecule has 202 valence electrons. The maximum absolute atomic E-state index is 12.8. The van der Waals surface area contributed by atoms with Gasteiger partial charge in [-0.3, -0.25) is 19.7 Å². The summed E-state index contributed by atoms with van der Waals surface area (Å²) in [6, 6.07) is -1.70. The number of hydrogen-bond donors (Lipinski definition) is 2. The molecule has 0 aromatic carbocycles. The Hall–Kier alpha value is -2.95. The molecule has 0 radical (unpaired) electrons. The summed E-state index contributed by atoms with van der Waals surface area (Å²) >= 11 is 0. The molecule has 0 saturated heterocycles. The van der Waals surface area contributed by atoms with Gasteiger partial charge in [-0.25, -0.2) is 0 Å². The van der Waals surface area contributed by atoms with E-state index in [1.165, 1.54) is 4.90 Å². The van der Waals surface area contributed by atoms with Crippen molar-refractivity contribution in [3.63, 3.8) is 0 Å². The highest BCUT2D eigenvalue weighted by Gasteiger charge is 2.28. The van der Waals surface area contributed by atoms with E-state index in [0.717, 1.165) is 18.4 Å². The van der Waals surface area contributed by atoms with Gasteiger partial charge in [0.25, 0.3) is 5.09 Å². The Labute approximate surface area is 208 Å². The van der Waals surface area contributed by atoms with Crippen LogP contribution in [0, 0.1) is 10.1 Å². The number of allylic oxidation sites excluding steroid dienone is 4. The largest absolute Gasteiger partial charge is 0.480 e. The molecule has 0 bridgehead atoms. The number of unbranched alkanes of at least 4 members (excludes halogenated alkanes) is 1. The number of carboxylic acids is 1. The minimum Gasteiger partial charge on any atom is -0.480 e. The minimum absolute atomic E-state index is 0.298. The van der Waals surface area contributed by atoms with Crippen LogP contribution in [0.15, 0.2) is 23.8 Å². The zero-order chi connectivity index (χ0) is 27.2. The van der Waals surface area contributed by atoms with Crippen molar-refractivity contribution in [2.75, 3.05) is 26.3 Å². The van der Waals surface area contributed by atoms with Crippen molar-refractivity contribution >= 4 is 17.8 Å². The van der Waals surface area contributed by atoms with Gasteiger partial charge >= 0.3 is 11.9 Å². The van der Waals surface area contributed by atoms with Gasteiger partial charge in [0.1, 0.15) is 25.8 Å². The molecule has 2 N–H and O–H groups in total. The Balaban J connectivity index is 0. The average Bonchev–Trinajstić information content (AvgIpc) is 2.82. The number of carbonyl (C=O) groups excluding carboxylic acids is 2.